The molecule has 0 saturated carbocycles. The number of ether oxygens (including phenoxy) is 1. The molecule has 0 bridgehead atoms. The second kappa shape index (κ2) is 7.01. The molecule has 2 N–H and O–H groups in total. The zero-order chi connectivity index (χ0) is 20.8. The lowest BCUT2D eigenvalue weighted by Gasteiger charge is -2.27. The molecule has 146 valence electrons. The number of aryl methyl sites for hydroxylation is 1. The van der Waals surface area contributed by atoms with E-state index in [1.807, 2.05) is 42.5 Å². The molecule has 30 heavy (non-hydrogen) atoms. The van der Waals surface area contributed by atoms with E-state index in [4.69, 9.17) is 22.1 Å². The molecule has 0 aliphatic carbocycles. The number of benzene rings is 2. The van der Waals surface area contributed by atoms with Crippen molar-refractivity contribution in [1.29, 1.82) is 5.26 Å². The van der Waals surface area contributed by atoms with Gasteiger partial charge in [0.2, 0.25) is 5.88 Å². The third kappa shape index (κ3) is 2.77. The smallest absolute Gasteiger partial charge is 0.205 e. The monoisotopic (exact) mass is 412 g/mol. The number of rotatable bonds is 2. The molecule has 1 atom stereocenters. The number of nitriles is 1. The number of hydrogen-bond acceptors (Lipinski definition) is 5. The Morgan fingerprint density at radius 3 is 2.80 bits per heavy atom. The van der Waals surface area contributed by atoms with E-state index < -0.39 is 5.92 Å². The van der Waals surface area contributed by atoms with Crippen LogP contribution in [-0.4, -0.2) is 9.97 Å². The second-order valence-corrected chi connectivity index (χ2v) is 7.59. The molecule has 1 aliphatic heterocycles. The van der Waals surface area contributed by atoms with Crippen LogP contribution in [0.2, 0.25) is 5.15 Å². The first kappa shape index (κ1) is 18.4. The maximum absolute atomic E-state index is 9.87. The van der Waals surface area contributed by atoms with Crippen LogP contribution in [0.15, 0.2) is 66.2 Å². The first-order valence-corrected chi connectivity index (χ1v) is 10.0. The van der Waals surface area contributed by atoms with Crippen LogP contribution >= 0.6 is 11.6 Å². The fourth-order valence-electron chi connectivity index (χ4n) is 4.02. The van der Waals surface area contributed by atoms with E-state index in [1.165, 1.54) is 5.56 Å². The summed E-state index contributed by atoms with van der Waals surface area (Å²) >= 11 is 6.62. The first-order chi connectivity index (χ1) is 14.6. The predicted octanol–water partition coefficient (Wildman–Crippen LogP) is 5.22. The minimum absolute atomic E-state index is 0.0617. The van der Waals surface area contributed by atoms with Crippen molar-refractivity contribution in [3.63, 3.8) is 0 Å². The minimum Gasteiger partial charge on any atom is -0.438 e. The Bertz CT molecular complexity index is 1400. The van der Waals surface area contributed by atoms with E-state index in [-0.39, 0.29) is 5.88 Å². The van der Waals surface area contributed by atoms with Gasteiger partial charge in [0.25, 0.3) is 0 Å². The zero-order valence-corrected chi connectivity index (χ0v) is 16.9. The number of fused-ring (bicyclic) bond motifs is 4. The summed E-state index contributed by atoms with van der Waals surface area (Å²) in [4.78, 5) is 9.06. The molecule has 5 nitrogen and oxygen atoms in total. The minimum atomic E-state index is -0.486. The van der Waals surface area contributed by atoms with Crippen molar-refractivity contribution in [2.24, 2.45) is 5.73 Å². The Morgan fingerprint density at radius 2 is 2.00 bits per heavy atom. The Morgan fingerprint density at radius 1 is 1.13 bits per heavy atom. The van der Waals surface area contributed by atoms with Crippen LogP contribution in [0.25, 0.3) is 21.8 Å². The molecular weight excluding hydrogens is 396 g/mol. The van der Waals surface area contributed by atoms with Crippen LogP contribution < -0.4 is 10.5 Å². The molecule has 6 heteroatoms. The highest BCUT2D eigenvalue weighted by molar-refractivity contribution is 6.30. The maximum Gasteiger partial charge on any atom is 0.205 e. The van der Waals surface area contributed by atoms with Crippen molar-refractivity contribution in [3.05, 3.63) is 88.0 Å². The molecule has 0 saturated heterocycles. The molecule has 3 heterocycles. The van der Waals surface area contributed by atoms with Gasteiger partial charge < -0.3 is 10.5 Å². The van der Waals surface area contributed by atoms with Gasteiger partial charge in [0, 0.05) is 28.1 Å². The van der Waals surface area contributed by atoms with Gasteiger partial charge in [-0.15, -0.1) is 0 Å². The number of nitrogens with zero attached hydrogens (tertiary/aromatic N) is 3. The van der Waals surface area contributed by atoms with Crippen molar-refractivity contribution in [1.82, 2.24) is 9.97 Å². The van der Waals surface area contributed by atoms with Gasteiger partial charge in [-0.1, -0.05) is 42.8 Å². The summed E-state index contributed by atoms with van der Waals surface area (Å²) in [6, 6.07) is 18.0. The van der Waals surface area contributed by atoms with E-state index in [2.05, 4.69) is 29.0 Å². The Hall–Kier alpha value is -3.62. The quantitative estimate of drug-likeness (QED) is 0.456. The molecule has 4 aromatic rings. The molecule has 1 unspecified atom stereocenters. The summed E-state index contributed by atoms with van der Waals surface area (Å²) in [5.74, 6) is 0.125. The predicted molar refractivity (Wildman–Crippen MR) is 117 cm³/mol. The van der Waals surface area contributed by atoms with E-state index in [0.29, 0.717) is 22.0 Å². The molecule has 0 radical (unpaired) electrons. The Labute approximate surface area is 178 Å². The normalized spacial score (nSPS) is 15.7. The van der Waals surface area contributed by atoms with Gasteiger partial charge >= 0.3 is 0 Å². The number of pyridine rings is 2. The zero-order valence-electron chi connectivity index (χ0n) is 16.2. The maximum atomic E-state index is 9.87. The molecular formula is C24H17ClN4O. The lowest BCUT2D eigenvalue weighted by Crippen LogP contribution is -2.21. The van der Waals surface area contributed by atoms with Gasteiger partial charge in [0.15, 0.2) is 5.75 Å². The highest BCUT2D eigenvalue weighted by Gasteiger charge is 2.33. The highest BCUT2D eigenvalue weighted by atomic mass is 35.5. The fourth-order valence-corrected chi connectivity index (χ4v) is 4.27. The second-order valence-electron chi connectivity index (χ2n) is 7.23. The van der Waals surface area contributed by atoms with Crippen LogP contribution in [-0.2, 0) is 6.42 Å². The molecule has 2 aromatic heterocycles. The van der Waals surface area contributed by atoms with Gasteiger partial charge in [-0.25, -0.2) is 4.98 Å². The highest BCUT2D eigenvalue weighted by Crippen LogP contribution is 2.46. The SMILES string of the molecule is CCc1ccc2nc(Cl)c(C3C(C#N)=C(N)Oc4c3ccc3cccnc43)cc2c1. The number of aromatic nitrogens is 2. The molecule has 0 fully saturated rings. The molecule has 0 amide bonds. The number of hydrogen-bond donors (Lipinski definition) is 1. The topological polar surface area (TPSA) is 84.8 Å². The summed E-state index contributed by atoms with van der Waals surface area (Å²) in [5.41, 5.74) is 10.7. The van der Waals surface area contributed by atoms with Crippen LogP contribution in [0, 0.1) is 11.3 Å². The van der Waals surface area contributed by atoms with Gasteiger partial charge in [0.1, 0.15) is 22.3 Å². The van der Waals surface area contributed by atoms with Gasteiger partial charge in [-0.3, -0.25) is 4.98 Å². The van der Waals surface area contributed by atoms with E-state index in [0.717, 1.165) is 33.8 Å². The van der Waals surface area contributed by atoms with Crippen LogP contribution in [0.3, 0.4) is 0 Å². The van der Waals surface area contributed by atoms with Crippen molar-refractivity contribution in [2.45, 2.75) is 19.3 Å². The average Bonchev–Trinajstić information content (AvgIpc) is 2.77. The summed E-state index contributed by atoms with van der Waals surface area (Å²) in [6.45, 7) is 2.11. The van der Waals surface area contributed by atoms with E-state index in [9.17, 15) is 5.26 Å². The first-order valence-electron chi connectivity index (χ1n) is 9.65. The molecule has 5 rings (SSSR count). The van der Waals surface area contributed by atoms with E-state index >= 15 is 0 Å². The summed E-state index contributed by atoms with van der Waals surface area (Å²) in [5, 5.41) is 12.1. The van der Waals surface area contributed by atoms with Crippen molar-refractivity contribution in [2.75, 3.05) is 0 Å². The number of halogens is 1. The summed E-state index contributed by atoms with van der Waals surface area (Å²) < 4.78 is 5.87. The number of allylic oxidation sites excluding steroid dienone is 1. The van der Waals surface area contributed by atoms with Gasteiger partial charge in [0.05, 0.1) is 11.4 Å². The van der Waals surface area contributed by atoms with Crippen LogP contribution in [0.4, 0.5) is 0 Å². The largest absolute Gasteiger partial charge is 0.438 e. The molecule has 2 aromatic carbocycles. The van der Waals surface area contributed by atoms with Crippen LogP contribution in [0.1, 0.15) is 29.5 Å². The Kier molecular flexibility index (Phi) is 4.30. The lowest BCUT2D eigenvalue weighted by molar-refractivity contribution is 0.397. The molecule has 1 aliphatic rings. The summed E-state index contributed by atoms with van der Waals surface area (Å²) in [6.07, 6.45) is 2.62. The van der Waals surface area contributed by atoms with Crippen molar-refractivity contribution in [3.8, 4) is 11.8 Å². The average molecular weight is 413 g/mol. The lowest BCUT2D eigenvalue weighted by atomic mass is 9.83. The van der Waals surface area contributed by atoms with Gasteiger partial charge in [-0.05, 0) is 36.2 Å². The third-order valence-corrected chi connectivity index (χ3v) is 5.84. The van der Waals surface area contributed by atoms with Crippen molar-refractivity contribution < 1.29 is 4.74 Å². The summed E-state index contributed by atoms with van der Waals surface area (Å²) in [7, 11) is 0. The van der Waals surface area contributed by atoms with Gasteiger partial charge in [-0.2, -0.15) is 5.26 Å². The third-order valence-electron chi connectivity index (χ3n) is 5.54. The standard InChI is InChI=1S/C24H17ClN4O/c1-2-13-5-8-19-15(10-13)11-17(23(25)29-19)20-16-7-6-14-4-3-9-28-21(14)22(16)30-24(27)18(20)12-26/h3-11,20H,2,27H2,1H3. The van der Waals surface area contributed by atoms with Crippen molar-refractivity contribution >= 4 is 33.4 Å². The fraction of sp³-hybridized carbons (Fsp3) is 0.125. The molecule has 0 spiro atoms. The van der Waals surface area contributed by atoms with E-state index in [1.54, 1.807) is 6.20 Å². The van der Waals surface area contributed by atoms with Crippen LogP contribution in [0.5, 0.6) is 5.75 Å². The Balaban J connectivity index is 1.80. The number of nitrogens with two attached hydrogens (primary N) is 1.